The minimum atomic E-state index is -1.10. The van der Waals surface area contributed by atoms with E-state index in [1.165, 1.54) is 24.0 Å². The van der Waals surface area contributed by atoms with E-state index in [-0.39, 0.29) is 5.76 Å². The summed E-state index contributed by atoms with van der Waals surface area (Å²) in [5, 5.41) is 10.3. The van der Waals surface area contributed by atoms with Crippen LogP contribution in [0.25, 0.3) is 0 Å². The molecule has 7 heteroatoms. The van der Waals surface area contributed by atoms with Gasteiger partial charge in [0.15, 0.2) is 5.09 Å². The Balaban J connectivity index is 2.22. The third-order valence-corrected chi connectivity index (χ3v) is 3.78. The number of carboxylic acids is 1. The van der Waals surface area contributed by atoms with E-state index in [0.29, 0.717) is 15.1 Å². The maximum atomic E-state index is 10.6. The largest absolute Gasteiger partial charge is 0.475 e. The maximum absolute atomic E-state index is 10.6. The van der Waals surface area contributed by atoms with Crippen molar-refractivity contribution < 1.29 is 14.3 Å². The first-order valence-electron chi connectivity index (χ1n) is 4.38. The lowest BCUT2D eigenvalue weighted by atomic mass is 10.5. The van der Waals surface area contributed by atoms with E-state index in [4.69, 9.17) is 21.1 Å². The molecule has 0 aliphatic rings. The highest BCUT2D eigenvalue weighted by Crippen LogP contribution is 2.33. The van der Waals surface area contributed by atoms with Gasteiger partial charge in [-0.1, -0.05) is 11.6 Å². The van der Waals surface area contributed by atoms with Crippen molar-refractivity contribution in [2.24, 2.45) is 0 Å². The zero-order chi connectivity index (χ0) is 12.4. The topological polar surface area (TPSA) is 63.3 Å². The van der Waals surface area contributed by atoms with Gasteiger partial charge in [0.1, 0.15) is 5.03 Å². The van der Waals surface area contributed by atoms with Gasteiger partial charge in [-0.05, 0) is 45.9 Å². The molecule has 0 radical (unpaired) electrons. The van der Waals surface area contributed by atoms with Crippen molar-refractivity contribution in [3.63, 3.8) is 0 Å². The van der Waals surface area contributed by atoms with Crippen molar-refractivity contribution in [3.05, 3.63) is 39.7 Å². The second-order valence-electron chi connectivity index (χ2n) is 2.97. The number of carbonyl (C=O) groups is 1. The minimum Gasteiger partial charge on any atom is -0.475 e. The molecular weight excluding hydrogens is 330 g/mol. The average Bonchev–Trinajstić information content (AvgIpc) is 2.71. The van der Waals surface area contributed by atoms with Gasteiger partial charge in [0.2, 0.25) is 5.76 Å². The molecule has 2 heterocycles. The highest BCUT2D eigenvalue weighted by molar-refractivity contribution is 9.10. The number of aromatic nitrogens is 1. The van der Waals surface area contributed by atoms with Crippen LogP contribution in [0.15, 0.2) is 43.4 Å². The van der Waals surface area contributed by atoms with E-state index in [0.717, 1.165) is 4.47 Å². The maximum Gasteiger partial charge on any atom is 0.371 e. The molecule has 1 N–H and O–H groups in total. The Morgan fingerprint density at radius 2 is 2.29 bits per heavy atom. The Hall–Kier alpha value is -0.980. The molecule has 0 fully saturated rings. The van der Waals surface area contributed by atoms with Crippen LogP contribution in [0.2, 0.25) is 5.02 Å². The Morgan fingerprint density at radius 1 is 1.53 bits per heavy atom. The standard InChI is InChI=1S/C10H5BrClNO3S/c11-6-3-5(12)4-13-9(6)17-8-2-1-7(16-8)10(14)15/h1-4H,(H,14,15). The van der Waals surface area contributed by atoms with Crippen molar-refractivity contribution in [1.29, 1.82) is 0 Å². The van der Waals surface area contributed by atoms with Gasteiger partial charge in [-0.3, -0.25) is 0 Å². The minimum absolute atomic E-state index is 0.0995. The van der Waals surface area contributed by atoms with Crippen molar-refractivity contribution in [1.82, 2.24) is 4.98 Å². The molecule has 88 valence electrons. The number of halogens is 2. The molecule has 4 nitrogen and oxygen atoms in total. The lowest BCUT2D eigenvalue weighted by Crippen LogP contribution is -1.91. The highest BCUT2D eigenvalue weighted by Gasteiger charge is 2.12. The molecule has 2 aromatic heterocycles. The molecule has 0 atom stereocenters. The fourth-order valence-corrected chi connectivity index (χ4v) is 2.66. The zero-order valence-corrected chi connectivity index (χ0v) is 11.3. The molecular formula is C10H5BrClNO3S. The SMILES string of the molecule is O=C(O)c1ccc(Sc2ncc(Cl)cc2Br)o1. The summed E-state index contributed by atoms with van der Waals surface area (Å²) >= 11 is 10.3. The van der Waals surface area contributed by atoms with E-state index in [1.807, 2.05) is 0 Å². The van der Waals surface area contributed by atoms with Gasteiger partial charge in [-0.2, -0.15) is 0 Å². The molecule has 0 saturated carbocycles. The second kappa shape index (κ2) is 5.12. The predicted molar refractivity (Wildman–Crippen MR) is 66.7 cm³/mol. The zero-order valence-electron chi connectivity index (χ0n) is 8.18. The summed E-state index contributed by atoms with van der Waals surface area (Å²) in [5.41, 5.74) is 0. The fraction of sp³-hybridized carbons (Fsp3) is 0. The van der Waals surface area contributed by atoms with Crippen LogP contribution < -0.4 is 0 Å². The first kappa shape index (κ1) is 12.5. The number of pyridine rings is 1. The third kappa shape index (κ3) is 3.02. The van der Waals surface area contributed by atoms with Crippen LogP contribution >= 0.6 is 39.3 Å². The van der Waals surface area contributed by atoms with E-state index >= 15 is 0 Å². The van der Waals surface area contributed by atoms with Crippen molar-refractivity contribution >= 4 is 45.3 Å². The van der Waals surface area contributed by atoms with E-state index in [1.54, 1.807) is 12.1 Å². The first-order chi connectivity index (χ1) is 8.06. The molecule has 0 spiro atoms. The number of rotatable bonds is 3. The molecule has 0 unspecified atom stereocenters. The molecule has 0 saturated heterocycles. The summed E-state index contributed by atoms with van der Waals surface area (Å²) in [6, 6.07) is 4.68. The summed E-state index contributed by atoms with van der Waals surface area (Å²) in [5.74, 6) is -1.20. The van der Waals surface area contributed by atoms with Crippen molar-refractivity contribution in [3.8, 4) is 0 Å². The van der Waals surface area contributed by atoms with Gasteiger partial charge in [0, 0.05) is 6.20 Å². The number of nitrogens with zero attached hydrogens (tertiary/aromatic N) is 1. The quantitative estimate of drug-likeness (QED) is 0.921. The summed E-state index contributed by atoms with van der Waals surface area (Å²) < 4.78 is 5.83. The number of hydrogen-bond acceptors (Lipinski definition) is 4. The second-order valence-corrected chi connectivity index (χ2v) is 5.25. The number of aromatic carboxylic acids is 1. The van der Waals surface area contributed by atoms with Crippen LogP contribution in [-0.4, -0.2) is 16.1 Å². The predicted octanol–water partition coefficient (Wildman–Crippen LogP) is 3.94. The van der Waals surface area contributed by atoms with Gasteiger partial charge >= 0.3 is 5.97 Å². The van der Waals surface area contributed by atoms with Gasteiger partial charge < -0.3 is 9.52 Å². The molecule has 0 aromatic carbocycles. The average molecular weight is 335 g/mol. The van der Waals surface area contributed by atoms with Crippen LogP contribution in [-0.2, 0) is 0 Å². The number of carboxylic acid groups (broad SMARTS) is 1. The Bertz CT molecular complexity index is 572. The van der Waals surface area contributed by atoms with E-state index in [2.05, 4.69) is 20.9 Å². The number of hydrogen-bond donors (Lipinski definition) is 1. The highest BCUT2D eigenvalue weighted by atomic mass is 79.9. The lowest BCUT2D eigenvalue weighted by Gasteiger charge is -2.00. The van der Waals surface area contributed by atoms with E-state index < -0.39 is 5.97 Å². The Labute approximate surface area is 114 Å². The number of furan rings is 1. The Morgan fingerprint density at radius 3 is 2.88 bits per heavy atom. The van der Waals surface area contributed by atoms with Crippen LogP contribution in [0.5, 0.6) is 0 Å². The molecule has 0 aliphatic carbocycles. The lowest BCUT2D eigenvalue weighted by molar-refractivity contribution is 0.0656. The van der Waals surface area contributed by atoms with Gasteiger partial charge in [0.25, 0.3) is 0 Å². The Kier molecular flexibility index (Phi) is 3.76. The van der Waals surface area contributed by atoms with Crippen LogP contribution in [0.4, 0.5) is 0 Å². The van der Waals surface area contributed by atoms with E-state index in [9.17, 15) is 4.79 Å². The summed E-state index contributed by atoms with van der Waals surface area (Å²) in [4.78, 5) is 14.7. The molecule has 2 rings (SSSR count). The van der Waals surface area contributed by atoms with Crippen LogP contribution in [0.1, 0.15) is 10.6 Å². The molecule has 0 bridgehead atoms. The smallest absolute Gasteiger partial charge is 0.371 e. The summed E-state index contributed by atoms with van der Waals surface area (Å²) in [6.07, 6.45) is 1.51. The molecule has 0 aliphatic heterocycles. The third-order valence-electron chi connectivity index (χ3n) is 1.76. The van der Waals surface area contributed by atoms with Crippen LogP contribution in [0.3, 0.4) is 0 Å². The summed E-state index contributed by atoms with van der Waals surface area (Å²) in [7, 11) is 0. The van der Waals surface area contributed by atoms with Crippen molar-refractivity contribution in [2.45, 2.75) is 10.1 Å². The first-order valence-corrected chi connectivity index (χ1v) is 6.37. The molecule has 2 aromatic rings. The van der Waals surface area contributed by atoms with Crippen molar-refractivity contribution in [2.75, 3.05) is 0 Å². The molecule has 17 heavy (non-hydrogen) atoms. The van der Waals surface area contributed by atoms with Gasteiger partial charge in [0.05, 0.1) is 9.50 Å². The fourth-order valence-electron chi connectivity index (χ4n) is 1.06. The van der Waals surface area contributed by atoms with Gasteiger partial charge in [-0.15, -0.1) is 0 Å². The normalized spacial score (nSPS) is 10.5. The van der Waals surface area contributed by atoms with Gasteiger partial charge in [-0.25, -0.2) is 9.78 Å². The molecule has 0 amide bonds. The monoisotopic (exact) mass is 333 g/mol. The van der Waals surface area contributed by atoms with Crippen LogP contribution in [0, 0.1) is 0 Å². The summed E-state index contributed by atoms with van der Waals surface area (Å²) in [6.45, 7) is 0.